The van der Waals surface area contributed by atoms with Crippen LogP contribution in [-0.4, -0.2) is 26.3 Å². The van der Waals surface area contributed by atoms with E-state index in [1.807, 2.05) is 30.3 Å². The highest BCUT2D eigenvalue weighted by molar-refractivity contribution is 5.86. The number of carbonyl (C=O) groups is 1. The number of nitrogens with two attached hydrogens (primary N) is 1. The molecule has 0 fully saturated rings. The fraction of sp³-hybridized carbons (Fsp3) is 0.143. The number of primary amides is 1. The lowest BCUT2D eigenvalue weighted by Gasteiger charge is -2.08. The molecule has 2 aromatic heterocycles. The molecule has 0 radical (unpaired) electrons. The zero-order chi connectivity index (χ0) is 13.9. The van der Waals surface area contributed by atoms with Crippen molar-refractivity contribution < 1.29 is 4.79 Å². The Balaban J connectivity index is 2.07. The van der Waals surface area contributed by atoms with E-state index in [1.54, 1.807) is 6.20 Å². The molecule has 3 aromatic rings. The molecule has 0 saturated heterocycles. The van der Waals surface area contributed by atoms with Crippen LogP contribution in [0.4, 0.5) is 0 Å². The van der Waals surface area contributed by atoms with Crippen molar-refractivity contribution in [1.29, 1.82) is 0 Å². The van der Waals surface area contributed by atoms with Crippen molar-refractivity contribution in [1.82, 2.24) is 20.4 Å². The van der Waals surface area contributed by atoms with Crippen LogP contribution in [0.1, 0.15) is 16.8 Å². The number of hydrogen-bond donors (Lipinski definition) is 2. The molecule has 3 rings (SSSR count). The van der Waals surface area contributed by atoms with Gasteiger partial charge in [0.05, 0.1) is 6.42 Å². The summed E-state index contributed by atoms with van der Waals surface area (Å²) in [6, 6.07) is 9.57. The number of rotatable bonds is 4. The molecular weight excluding hydrogens is 254 g/mol. The van der Waals surface area contributed by atoms with Gasteiger partial charge in [0.15, 0.2) is 0 Å². The van der Waals surface area contributed by atoms with Crippen molar-refractivity contribution in [3.05, 3.63) is 53.3 Å². The molecule has 0 atom stereocenters. The largest absolute Gasteiger partial charge is 0.369 e. The van der Waals surface area contributed by atoms with E-state index < -0.39 is 0 Å². The predicted octanol–water partition coefficient (Wildman–Crippen LogP) is 0.972. The highest BCUT2D eigenvalue weighted by Gasteiger charge is 2.13. The van der Waals surface area contributed by atoms with Crippen molar-refractivity contribution in [2.45, 2.75) is 12.8 Å². The number of H-pyrrole nitrogens is 1. The summed E-state index contributed by atoms with van der Waals surface area (Å²) in [4.78, 5) is 15.6. The molecule has 0 aliphatic carbocycles. The summed E-state index contributed by atoms with van der Waals surface area (Å²) in [5.41, 5.74) is 9.49. The van der Waals surface area contributed by atoms with Crippen LogP contribution in [0.2, 0.25) is 0 Å². The lowest BCUT2D eigenvalue weighted by atomic mass is 9.98. The summed E-state index contributed by atoms with van der Waals surface area (Å²) in [6.07, 6.45) is 2.52. The second kappa shape index (κ2) is 5.08. The maximum atomic E-state index is 11.3. The number of pyridine rings is 1. The van der Waals surface area contributed by atoms with E-state index in [0.29, 0.717) is 11.9 Å². The molecule has 2 heterocycles. The first kappa shape index (κ1) is 12.3. The van der Waals surface area contributed by atoms with Gasteiger partial charge in [0.25, 0.3) is 0 Å². The molecule has 100 valence electrons. The third-order valence-corrected chi connectivity index (χ3v) is 3.14. The standard InChI is InChI=1S/C14H13N5O/c15-13(20)8-11-9(7-10-3-1-2-6-16-10)4-5-12-14(11)18-19-17-12/h1-6H,7-8H2,(H2,15,20)(H,17,18,19). The first-order valence-electron chi connectivity index (χ1n) is 6.23. The minimum Gasteiger partial charge on any atom is -0.369 e. The van der Waals surface area contributed by atoms with E-state index in [0.717, 1.165) is 22.3 Å². The number of nitrogens with zero attached hydrogens (tertiary/aromatic N) is 3. The zero-order valence-corrected chi connectivity index (χ0v) is 10.7. The topological polar surface area (TPSA) is 97.5 Å². The molecule has 0 aliphatic rings. The Morgan fingerprint density at radius 3 is 2.85 bits per heavy atom. The number of amides is 1. The van der Waals surface area contributed by atoms with Crippen LogP contribution >= 0.6 is 0 Å². The Kier molecular flexibility index (Phi) is 3.12. The van der Waals surface area contributed by atoms with Gasteiger partial charge in [-0.15, -0.1) is 0 Å². The molecule has 0 spiro atoms. The van der Waals surface area contributed by atoms with Crippen molar-refractivity contribution in [3.63, 3.8) is 0 Å². The molecule has 0 aliphatic heterocycles. The maximum absolute atomic E-state index is 11.3. The number of aromatic nitrogens is 4. The van der Waals surface area contributed by atoms with Gasteiger partial charge in [0.1, 0.15) is 11.0 Å². The number of hydrogen-bond acceptors (Lipinski definition) is 4. The molecule has 20 heavy (non-hydrogen) atoms. The Hall–Kier alpha value is -2.76. The molecule has 6 nitrogen and oxygen atoms in total. The van der Waals surface area contributed by atoms with Gasteiger partial charge in [0, 0.05) is 18.3 Å². The molecular formula is C14H13N5O. The Morgan fingerprint density at radius 1 is 1.20 bits per heavy atom. The molecule has 0 saturated carbocycles. The van der Waals surface area contributed by atoms with E-state index in [1.165, 1.54) is 0 Å². The molecule has 0 unspecified atom stereocenters. The normalized spacial score (nSPS) is 10.8. The van der Waals surface area contributed by atoms with Gasteiger partial charge in [-0.25, -0.2) is 0 Å². The van der Waals surface area contributed by atoms with Crippen LogP contribution < -0.4 is 5.73 Å². The highest BCUT2D eigenvalue weighted by Crippen LogP contribution is 2.21. The van der Waals surface area contributed by atoms with Gasteiger partial charge in [-0.2, -0.15) is 15.4 Å². The van der Waals surface area contributed by atoms with E-state index in [-0.39, 0.29) is 12.3 Å². The first-order valence-corrected chi connectivity index (χ1v) is 6.23. The monoisotopic (exact) mass is 267 g/mol. The minimum absolute atomic E-state index is 0.145. The SMILES string of the molecule is NC(=O)Cc1c(Cc2ccccn2)ccc2n[nH]nc12. The van der Waals surface area contributed by atoms with Crippen molar-refractivity contribution in [3.8, 4) is 0 Å². The number of aromatic amines is 1. The Bertz CT molecular complexity index is 751. The van der Waals surface area contributed by atoms with E-state index in [4.69, 9.17) is 5.73 Å². The third-order valence-electron chi connectivity index (χ3n) is 3.14. The number of benzene rings is 1. The second-order valence-corrected chi connectivity index (χ2v) is 4.54. The Morgan fingerprint density at radius 2 is 2.10 bits per heavy atom. The van der Waals surface area contributed by atoms with Crippen LogP contribution in [0, 0.1) is 0 Å². The van der Waals surface area contributed by atoms with Crippen molar-refractivity contribution >= 4 is 16.9 Å². The minimum atomic E-state index is -0.386. The third kappa shape index (κ3) is 2.35. The fourth-order valence-corrected chi connectivity index (χ4v) is 2.24. The summed E-state index contributed by atoms with van der Waals surface area (Å²) in [7, 11) is 0. The molecule has 1 amide bonds. The Labute approximate surface area is 115 Å². The fourth-order valence-electron chi connectivity index (χ4n) is 2.24. The quantitative estimate of drug-likeness (QED) is 0.736. The first-order chi connectivity index (χ1) is 9.74. The summed E-state index contributed by atoms with van der Waals surface area (Å²) < 4.78 is 0. The average molecular weight is 267 g/mol. The number of carbonyl (C=O) groups excluding carboxylic acids is 1. The summed E-state index contributed by atoms with van der Waals surface area (Å²) in [5.74, 6) is -0.386. The summed E-state index contributed by atoms with van der Waals surface area (Å²) in [6.45, 7) is 0. The molecule has 0 bridgehead atoms. The summed E-state index contributed by atoms with van der Waals surface area (Å²) in [5, 5.41) is 10.7. The molecule has 6 heteroatoms. The van der Waals surface area contributed by atoms with Gasteiger partial charge in [0.2, 0.25) is 5.91 Å². The van der Waals surface area contributed by atoms with Crippen LogP contribution in [0.3, 0.4) is 0 Å². The highest BCUT2D eigenvalue weighted by atomic mass is 16.1. The predicted molar refractivity (Wildman–Crippen MR) is 73.8 cm³/mol. The van der Waals surface area contributed by atoms with Crippen LogP contribution in [-0.2, 0) is 17.6 Å². The van der Waals surface area contributed by atoms with Gasteiger partial charge in [-0.05, 0) is 29.3 Å². The van der Waals surface area contributed by atoms with Gasteiger partial charge < -0.3 is 5.73 Å². The van der Waals surface area contributed by atoms with E-state index in [9.17, 15) is 4.79 Å². The zero-order valence-electron chi connectivity index (χ0n) is 10.7. The maximum Gasteiger partial charge on any atom is 0.221 e. The van der Waals surface area contributed by atoms with Gasteiger partial charge in [-0.3, -0.25) is 9.78 Å². The van der Waals surface area contributed by atoms with Gasteiger partial charge in [-0.1, -0.05) is 12.1 Å². The average Bonchev–Trinajstić information content (AvgIpc) is 2.91. The van der Waals surface area contributed by atoms with E-state index >= 15 is 0 Å². The van der Waals surface area contributed by atoms with Crippen LogP contribution in [0.15, 0.2) is 36.5 Å². The van der Waals surface area contributed by atoms with Crippen LogP contribution in [0.5, 0.6) is 0 Å². The van der Waals surface area contributed by atoms with Crippen LogP contribution in [0.25, 0.3) is 11.0 Å². The molecule has 1 aromatic carbocycles. The molecule has 3 N–H and O–H groups in total. The number of nitrogens with one attached hydrogen (secondary N) is 1. The smallest absolute Gasteiger partial charge is 0.221 e. The summed E-state index contributed by atoms with van der Waals surface area (Å²) >= 11 is 0. The van der Waals surface area contributed by atoms with Gasteiger partial charge >= 0.3 is 0 Å². The lowest BCUT2D eigenvalue weighted by molar-refractivity contribution is -0.117. The lowest BCUT2D eigenvalue weighted by Crippen LogP contribution is -2.15. The number of fused-ring (bicyclic) bond motifs is 1. The second-order valence-electron chi connectivity index (χ2n) is 4.54. The van der Waals surface area contributed by atoms with Crippen molar-refractivity contribution in [2.24, 2.45) is 5.73 Å². The van der Waals surface area contributed by atoms with E-state index in [2.05, 4.69) is 20.4 Å². The van der Waals surface area contributed by atoms with Crippen molar-refractivity contribution in [2.75, 3.05) is 0 Å².